The molecule has 1 N–H and O–H groups in total. The monoisotopic (exact) mass is 409 g/mol. The minimum absolute atomic E-state index is 0.132. The van der Waals surface area contributed by atoms with E-state index in [2.05, 4.69) is 31.2 Å². The van der Waals surface area contributed by atoms with Gasteiger partial charge in [-0.2, -0.15) is 0 Å². The van der Waals surface area contributed by atoms with Crippen molar-refractivity contribution in [3.05, 3.63) is 61.2 Å². The first-order valence-electron chi connectivity index (χ1n) is 8.30. The van der Waals surface area contributed by atoms with Gasteiger partial charge in [-0.15, -0.1) is 0 Å². The van der Waals surface area contributed by atoms with Gasteiger partial charge >= 0.3 is 21.2 Å². The van der Waals surface area contributed by atoms with Gasteiger partial charge in [-0.1, -0.05) is 51.2 Å². The molecule has 2 rings (SSSR count). The molecule has 0 spiro atoms. The third-order valence-corrected chi connectivity index (χ3v) is 6.46. The number of aromatic hydroxyl groups is 1. The van der Waals surface area contributed by atoms with Gasteiger partial charge in [0.05, 0.1) is 0 Å². The molecular weight excluding hydrogens is 383 g/mol. The molecule has 0 atom stereocenters. The zero-order valence-corrected chi connectivity index (χ0v) is 15.6. The van der Waals surface area contributed by atoms with E-state index in [1.54, 1.807) is 12.1 Å². The zero-order valence-electron chi connectivity index (χ0n) is 13.4. The molecule has 0 aliphatic rings. The number of unbranched alkanes of at least 4 members (excludes halogenated alkanes) is 5. The minimum atomic E-state index is -0.132. The Morgan fingerprint density at radius 3 is 1.91 bits per heavy atom. The van der Waals surface area contributed by atoms with Crippen molar-refractivity contribution in [1.82, 2.24) is 0 Å². The van der Waals surface area contributed by atoms with E-state index >= 15 is 0 Å². The summed E-state index contributed by atoms with van der Waals surface area (Å²) in [5.41, 5.74) is 1.47. The Morgan fingerprint density at radius 2 is 1.27 bits per heavy atom. The van der Waals surface area contributed by atoms with E-state index in [-0.39, 0.29) is 21.2 Å². The maximum Gasteiger partial charge on any atom is 0.357 e. The van der Waals surface area contributed by atoms with Gasteiger partial charge in [-0.25, -0.2) is 0 Å². The molecule has 22 heavy (non-hydrogen) atoms. The van der Waals surface area contributed by atoms with E-state index in [1.807, 2.05) is 12.1 Å². The Labute approximate surface area is 145 Å². The van der Waals surface area contributed by atoms with E-state index in [0.29, 0.717) is 5.75 Å². The first kappa shape index (κ1) is 17.3. The van der Waals surface area contributed by atoms with Crippen molar-refractivity contribution in [2.75, 3.05) is 0 Å². The predicted octanol–water partition coefficient (Wildman–Crippen LogP) is 2.42. The van der Waals surface area contributed by atoms with Crippen LogP contribution in [0.25, 0.3) is 0 Å². The number of aryl methyl sites for hydroxylation is 1. The number of halogens is 1. The summed E-state index contributed by atoms with van der Waals surface area (Å²) in [6.45, 7) is 2.27. The van der Waals surface area contributed by atoms with Crippen molar-refractivity contribution in [2.45, 2.75) is 51.9 Å². The fraction of sp³-hybridized carbons (Fsp3) is 0.400. The summed E-state index contributed by atoms with van der Waals surface area (Å²) in [6, 6.07) is 16.8. The second-order valence-corrected chi connectivity index (χ2v) is 8.75. The summed E-state index contributed by atoms with van der Waals surface area (Å²) in [6.07, 6.45) is 9.38. The molecule has 1 nitrogen and oxygen atoms in total. The number of phenolic OH excluding ortho intramolecular Hbond substituents is 1. The molecule has 0 bridgehead atoms. The molecule has 0 fully saturated rings. The standard InChI is InChI=1S/C20H25IO/c1-2-3-4-5-6-7-8-17-9-11-18(12-10-17)21-19-13-15-20(22)16-14-19/h9-16H,2-8H2,1H3/p+1. The van der Waals surface area contributed by atoms with Gasteiger partial charge in [0.15, 0.2) is 7.14 Å². The molecular formula is C20H26IO+. The number of hydrogen-bond acceptors (Lipinski definition) is 1. The lowest BCUT2D eigenvalue weighted by Gasteiger charge is -2.01. The van der Waals surface area contributed by atoms with Gasteiger partial charge in [-0.3, -0.25) is 0 Å². The largest absolute Gasteiger partial charge is 0.508 e. The van der Waals surface area contributed by atoms with Crippen LogP contribution >= 0.6 is 0 Å². The molecule has 118 valence electrons. The molecule has 2 aromatic rings. The van der Waals surface area contributed by atoms with E-state index in [1.165, 1.54) is 57.6 Å². The minimum Gasteiger partial charge on any atom is -0.508 e. The normalized spacial score (nSPS) is 10.8. The number of benzene rings is 2. The average molecular weight is 409 g/mol. The van der Waals surface area contributed by atoms with Crippen molar-refractivity contribution in [3.63, 3.8) is 0 Å². The van der Waals surface area contributed by atoms with Gasteiger partial charge in [-0.05, 0) is 54.8 Å². The fourth-order valence-electron chi connectivity index (χ4n) is 2.45. The lowest BCUT2D eigenvalue weighted by molar-refractivity contribution is -0.597. The van der Waals surface area contributed by atoms with E-state index in [9.17, 15) is 5.11 Å². The van der Waals surface area contributed by atoms with Crippen LogP contribution in [0.5, 0.6) is 5.75 Å². The highest BCUT2D eigenvalue weighted by Gasteiger charge is 2.14. The van der Waals surface area contributed by atoms with Crippen LogP contribution < -0.4 is 21.2 Å². The van der Waals surface area contributed by atoms with Crippen LogP contribution in [0.2, 0.25) is 0 Å². The molecule has 0 aliphatic heterocycles. The Balaban J connectivity index is 1.74. The first-order valence-corrected chi connectivity index (χ1v) is 10.5. The molecule has 0 unspecified atom stereocenters. The van der Waals surface area contributed by atoms with Gasteiger partial charge in [0.25, 0.3) is 0 Å². The maximum absolute atomic E-state index is 9.32. The van der Waals surface area contributed by atoms with Crippen LogP contribution in [0.15, 0.2) is 48.5 Å². The number of phenols is 1. The molecule has 0 saturated carbocycles. The quantitative estimate of drug-likeness (QED) is 0.498. The lowest BCUT2D eigenvalue weighted by atomic mass is 10.1. The maximum atomic E-state index is 9.32. The third kappa shape index (κ3) is 6.39. The third-order valence-electron chi connectivity index (χ3n) is 3.78. The smallest absolute Gasteiger partial charge is 0.357 e. The van der Waals surface area contributed by atoms with Gasteiger partial charge in [0.2, 0.25) is 0 Å². The van der Waals surface area contributed by atoms with Crippen LogP contribution in [0.1, 0.15) is 51.0 Å². The Bertz CT molecular complexity index is 531. The van der Waals surface area contributed by atoms with Gasteiger partial charge in [0.1, 0.15) is 5.75 Å². The van der Waals surface area contributed by atoms with Crippen molar-refractivity contribution in [3.8, 4) is 5.75 Å². The number of hydrogen-bond donors (Lipinski definition) is 1. The summed E-state index contributed by atoms with van der Waals surface area (Å²) < 4.78 is 2.79. The first-order chi connectivity index (χ1) is 10.8. The van der Waals surface area contributed by atoms with Crippen molar-refractivity contribution >= 4 is 0 Å². The molecule has 0 heterocycles. The molecule has 0 amide bonds. The Kier molecular flexibility index (Phi) is 7.78. The molecule has 0 aromatic heterocycles. The van der Waals surface area contributed by atoms with Crippen LogP contribution in [-0.4, -0.2) is 5.11 Å². The van der Waals surface area contributed by atoms with Gasteiger partial charge in [0, 0.05) is 0 Å². The lowest BCUT2D eigenvalue weighted by Crippen LogP contribution is -3.61. The van der Waals surface area contributed by atoms with Crippen molar-refractivity contribution in [2.24, 2.45) is 0 Å². The summed E-state index contributed by atoms with van der Waals surface area (Å²) in [7, 11) is 0. The molecule has 0 saturated heterocycles. The summed E-state index contributed by atoms with van der Waals surface area (Å²) >= 11 is -0.132. The highest BCUT2D eigenvalue weighted by atomic mass is 127. The summed E-state index contributed by atoms with van der Waals surface area (Å²) in [5, 5.41) is 9.32. The zero-order chi connectivity index (χ0) is 15.6. The SMILES string of the molecule is CCCCCCCCc1ccc([I+]c2ccc(O)cc2)cc1. The van der Waals surface area contributed by atoms with E-state index in [4.69, 9.17) is 0 Å². The molecule has 0 radical (unpaired) electrons. The number of rotatable bonds is 9. The molecule has 0 aliphatic carbocycles. The van der Waals surface area contributed by atoms with Crippen molar-refractivity contribution in [1.29, 1.82) is 0 Å². The Hall–Kier alpha value is -1.03. The van der Waals surface area contributed by atoms with Crippen LogP contribution in [0.4, 0.5) is 0 Å². The second kappa shape index (κ2) is 9.88. The molecule has 2 heteroatoms. The molecule has 2 aromatic carbocycles. The van der Waals surface area contributed by atoms with E-state index < -0.39 is 0 Å². The summed E-state index contributed by atoms with van der Waals surface area (Å²) in [4.78, 5) is 0. The van der Waals surface area contributed by atoms with Crippen LogP contribution in [-0.2, 0) is 6.42 Å². The van der Waals surface area contributed by atoms with Crippen LogP contribution in [0, 0.1) is 7.14 Å². The predicted molar refractivity (Wildman–Crippen MR) is 89.0 cm³/mol. The van der Waals surface area contributed by atoms with Crippen LogP contribution in [0.3, 0.4) is 0 Å². The Morgan fingerprint density at radius 1 is 0.727 bits per heavy atom. The summed E-state index contributed by atoms with van der Waals surface area (Å²) in [5.74, 6) is 0.349. The van der Waals surface area contributed by atoms with E-state index in [0.717, 1.165) is 0 Å². The highest BCUT2D eigenvalue weighted by Crippen LogP contribution is 2.09. The highest BCUT2D eigenvalue weighted by molar-refractivity contribution is 5.19. The topological polar surface area (TPSA) is 20.2 Å². The second-order valence-electron chi connectivity index (χ2n) is 5.72. The average Bonchev–Trinajstić information content (AvgIpc) is 2.54. The van der Waals surface area contributed by atoms with Crippen molar-refractivity contribution < 1.29 is 26.3 Å². The fourth-order valence-corrected chi connectivity index (χ4v) is 4.61. The van der Waals surface area contributed by atoms with Gasteiger partial charge < -0.3 is 5.11 Å².